The first-order chi connectivity index (χ1) is 15.5. The average molecular weight is 465 g/mol. The molecule has 5 nitrogen and oxygen atoms in total. The molecule has 0 saturated carbocycles. The molecule has 0 radical (unpaired) electrons. The number of oxazole rings is 1. The van der Waals surface area contributed by atoms with Crippen molar-refractivity contribution in [3.63, 3.8) is 0 Å². The van der Waals surface area contributed by atoms with E-state index in [1.165, 1.54) is 18.9 Å². The quantitative estimate of drug-likeness (QED) is 0.308. The molecule has 1 aromatic heterocycles. The Labute approximate surface area is 195 Å². The molecule has 0 aliphatic rings. The van der Waals surface area contributed by atoms with E-state index in [0.717, 1.165) is 22.4 Å². The molecule has 3 aromatic carbocycles. The Morgan fingerprint density at radius 2 is 1.72 bits per heavy atom. The van der Waals surface area contributed by atoms with Crippen LogP contribution in [0.15, 0.2) is 82.4 Å². The third-order valence-corrected chi connectivity index (χ3v) is 6.01. The molecule has 0 spiro atoms. The van der Waals surface area contributed by atoms with E-state index in [1.54, 1.807) is 12.1 Å². The summed E-state index contributed by atoms with van der Waals surface area (Å²) in [5, 5.41) is 3.88. The van der Waals surface area contributed by atoms with E-state index in [0.29, 0.717) is 27.4 Å². The second-order valence-corrected chi connectivity index (χ2v) is 8.36. The van der Waals surface area contributed by atoms with Crippen LogP contribution < -0.4 is 10.1 Å². The Kier molecular flexibility index (Phi) is 6.83. The second kappa shape index (κ2) is 9.94. The Bertz CT molecular complexity index is 1170. The van der Waals surface area contributed by atoms with Crippen molar-refractivity contribution in [1.29, 1.82) is 0 Å². The fourth-order valence-corrected chi connectivity index (χ4v) is 3.96. The van der Waals surface area contributed by atoms with Gasteiger partial charge in [-0.3, -0.25) is 4.79 Å². The third kappa shape index (κ3) is 4.98. The minimum absolute atomic E-state index is 0.133. The Morgan fingerprint density at radius 3 is 2.38 bits per heavy atom. The summed E-state index contributed by atoms with van der Waals surface area (Å²) in [5.74, 6) is 1.12. The molecule has 0 atom stereocenters. The van der Waals surface area contributed by atoms with Crippen LogP contribution in [-0.2, 0) is 4.79 Å². The maximum Gasteiger partial charge on any atom is 0.257 e. The monoisotopic (exact) mass is 464 g/mol. The van der Waals surface area contributed by atoms with E-state index in [1.807, 2.05) is 67.6 Å². The van der Waals surface area contributed by atoms with Gasteiger partial charge in [0.05, 0.1) is 18.6 Å². The number of methoxy groups -OCH3 is 1. The van der Waals surface area contributed by atoms with Crippen LogP contribution in [0.4, 0.5) is 5.69 Å². The van der Waals surface area contributed by atoms with Gasteiger partial charge in [-0.05, 0) is 18.6 Å². The highest BCUT2D eigenvalue weighted by molar-refractivity contribution is 7.99. The summed E-state index contributed by atoms with van der Waals surface area (Å²) in [5.41, 5.74) is 4.05. The van der Waals surface area contributed by atoms with Gasteiger partial charge in [0.1, 0.15) is 11.4 Å². The lowest BCUT2D eigenvalue weighted by molar-refractivity contribution is -0.113. The molecule has 1 heterocycles. The summed E-state index contributed by atoms with van der Waals surface area (Å²) >= 11 is 7.38. The maximum atomic E-state index is 12.6. The standard InChI is InChI=1S/C25H21ClN2O3S/c1-16-13-20(21(30-2)14-19(16)26)27-22(29)15-32-25-28-23(17-9-5-3-6-10-17)24(31-25)18-11-7-4-8-12-18/h3-14H,15H2,1-2H3,(H,27,29). The number of rotatable bonds is 7. The number of thioether (sulfide) groups is 1. The van der Waals surface area contributed by atoms with E-state index >= 15 is 0 Å². The highest BCUT2D eigenvalue weighted by Crippen LogP contribution is 2.36. The summed E-state index contributed by atoms with van der Waals surface area (Å²) < 4.78 is 11.4. The highest BCUT2D eigenvalue weighted by Gasteiger charge is 2.18. The number of carbonyl (C=O) groups excluding carboxylic acids is 1. The fraction of sp³-hybridized carbons (Fsp3) is 0.120. The van der Waals surface area contributed by atoms with Crippen molar-refractivity contribution < 1.29 is 13.9 Å². The van der Waals surface area contributed by atoms with Crippen LogP contribution in [0.25, 0.3) is 22.6 Å². The number of ether oxygens (including phenoxy) is 1. The van der Waals surface area contributed by atoms with Gasteiger partial charge in [-0.2, -0.15) is 0 Å². The van der Waals surface area contributed by atoms with E-state index in [9.17, 15) is 4.79 Å². The molecule has 162 valence electrons. The minimum Gasteiger partial charge on any atom is -0.495 e. The summed E-state index contributed by atoms with van der Waals surface area (Å²) in [7, 11) is 1.54. The van der Waals surface area contributed by atoms with Gasteiger partial charge in [-0.25, -0.2) is 4.98 Å². The number of anilines is 1. The smallest absolute Gasteiger partial charge is 0.257 e. The van der Waals surface area contributed by atoms with E-state index in [2.05, 4.69) is 10.3 Å². The van der Waals surface area contributed by atoms with Crippen molar-refractivity contribution in [3.8, 4) is 28.3 Å². The number of hydrogen-bond donors (Lipinski definition) is 1. The minimum atomic E-state index is -0.198. The number of aromatic nitrogens is 1. The number of aryl methyl sites for hydroxylation is 1. The van der Waals surface area contributed by atoms with Crippen molar-refractivity contribution in [3.05, 3.63) is 83.4 Å². The van der Waals surface area contributed by atoms with Crippen molar-refractivity contribution >= 4 is 35.0 Å². The molecular weight excluding hydrogens is 444 g/mol. The number of halogens is 1. The normalized spacial score (nSPS) is 10.7. The molecule has 0 aliphatic carbocycles. The lowest BCUT2D eigenvalue weighted by Crippen LogP contribution is -2.15. The maximum absolute atomic E-state index is 12.6. The lowest BCUT2D eigenvalue weighted by atomic mass is 10.1. The number of carbonyl (C=O) groups is 1. The summed E-state index contributed by atoms with van der Waals surface area (Å²) in [6.07, 6.45) is 0. The molecule has 0 unspecified atom stereocenters. The molecule has 1 amide bonds. The summed E-state index contributed by atoms with van der Waals surface area (Å²) in [6, 6.07) is 23.1. The zero-order valence-electron chi connectivity index (χ0n) is 17.6. The molecule has 4 aromatic rings. The first kappa shape index (κ1) is 22.0. The predicted molar refractivity (Wildman–Crippen MR) is 129 cm³/mol. The van der Waals surface area contributed by atoms with E-state index < -0.39 is 0 Å². The molecule has 0 aliphatic heterocycles. The Hall–Kier alpha value is -3.22. The fourth-order valence-electron chi connectivity index (χ4n) is 3.18. The van der Waals surface area contributed by atoms with Gasteiger partial charge in [-0.15, -0.1) is 0 Å². The van der Waals surface area contributed by atoms with Crippen molar-refractivity contribution in [2.75, 3.05) is 18.2 Å². The van der Waals surface area contributed by atoms with Gasteiger partial charge in [0.25, 0.3) is 5.22 Å². The van der Waals surface area contributed by atoms with Crippen LogP contribution in [0.1, 0.15) is 5.56 Å². The molecular formula is C25H21ClN2O3S. The molecule has 7 heteroatoms. The van der Waals surface area contributed by atoms with Crippen molar-refractivity contribution in [1.82, 2.24) is 4.98 Å². The lowest BCUT2D eigenvalue weighted by Gasteiger charge is -2.11. The highest BCUT2D eigenvalue weighted by atomic mass is 35.5. The van der Waals surface area contributed by atoms with E-state index in [-0.39, 0.29) is 11.7 Å². The summed E-state index contributed by atoms with van der Waals surface area (Å²) in [6.45, 7) is 1.87. The van der Waals surface area contributed by atoms with Crippen LogP contribution in [0.5, 0.6) is 5.75 Å². The van der Waals surface area contributed by atoms with Gasteiger partial charge < -0.3 is 14.5 Å². The molecule has 0 bridgehead atoms. The zero-order valence-corrected chi connectivity index (χ0v) is 19.2. The number of hydrogen-bond acceptors (Lipinski definition) is 5. The number of nitrogens with zero attached hydrogens (tertiary/aromatic N) is 1. The number of nitrogens with one attached hydrogen (secondary N) is 1. The van der Waals surface area contributed by atoms with Crippen molar-refractivity contribution in [2.24, 2.45) is 0 Å². The van der Waals surface area contributed by atoms with Gasteiger partial charge in [-0.1, -0.05) is 84.0 Å². The van der Waals surface area contributed by atoms with Gasteiger partial charge in [0.2, 0.25) is 5.91 Å². The average Bonchev–Trinajstić information content (AvgIpc) is 3.25. The SMILES string of the molecule is COc1cc(Cl)c(C)cc1NC(=O)CSc1nc(-c2ccccc2)c(-c2ccccc2)o1. The largest absolute Gasteiger partial charge is 0.495 e. The zero-order chi connectivity index (χ0) is 22.5. The van der Waals surface area contributed by atoms with Crippen LogP contribution in [-0.4, -0.2) is 23.8 Å². The van der Waals surface area contributed by atoms with Gasteiger partial charge in [0.15, 0.2) is 5.76 Å². The molecule has 32 heavy (non-hydrogen) atoms. The number of amides is 1. The van der Waals surface area contributed by atoms with E-state index in [4.69, 9.17) is 20.8 Å². The molecule has 0 fully saturated rings. The molecule has 0 saturated heterocycles. The van der Waals surface area contributed by atoms with Crippen molar-refractivity contribution in [2.45, 2.75) is 12.1 Å². The van der Waals surface area contributed by atoms with Crippen LogP contribution in [0.2, 0.25) is 5.02 Å². The predicted octanol–water partition coefficient (Wildman–Crippen LogP) is 6.71. The molecule has 1 N–H and O–H groups in total. The Morgan fingerprint density at radius 1 is 1.06 bits per heavy atom. The van der Waals surface area contributed by atoms with Crippen LogP contribution in [0, 0.1) is 6.92 Å². The first-order valence-electron chi connectivity index (χ1n) is 9.93. The molecule has 4 rings (SSSR count). The summed E-state index contributed by atoms with van der Waals surface area (Å²) in [4.78, 5) is 17.3. The van der Waals surface area contributed by atoms with Gasteiger partial charge >= 0.3 is 0 Å². The third-order valence-electron chi connectivity index (χ3n) is 4.77. The second-order valence-electron chi connectivity index (χ2n) is 7.03. The Balaban J connectivity index is 1.53. The first-order valence-corrected chi connectivity index (χ1v) is 11.3. The van der Waals surface area contributed by atoms with Gasteiger partial charge in [0, 0.05) is 22.2 Å². The van der Waals surface area contributed by atoms with Crippen LogP contribution >= 0.6 is 23.4 Å². The topological polar surface area (TPSA) is 64.4 Å². The number of benzene rings is 3. The van der Waals surface area contributed by atoms with Crippen LogP contribution in [0.3, 0.4) is 0 Å².